The molecule has 1 fully saturated rings. The molecule has 0 radical (unpaired) electrons. The van der Waals surface area contributed by atoms with Crippen molar-refractivity contribution in [3.05, 3.63) is 60.6 Å². The van der Waals surface area contributed by atoms with Gasteiger partial charge in [0.15, 0.2) is 5.82 Å². The number of hydrogen-bond donors (Lipinski definition) is 2. The third-order valence-corrected chi connectivity index (χ3v) is 6.04. The summed E-state index contributed by atoms with van der Waals surface area (Å²) in [5.74, 6) is 0.304. The van der Waals surface area contributed by atoms with Gasteiger partial charge >= 0.3 is 0 Å². The number of carbonyl (C=O) groups is 1. The predicted molar refractivity (Wildman–Crippen MR) is 111 cm³/mol. The standard InChI is InChI=1S/C20H21N5O4S/c1-29-17-12-16(22-20(26)15-2-3-15)4-5-18(17)30(27,28)24-19-8-11-25(23-19)13-14-6-9-21-10-7-14/h4-12,15H,2-3,13H2,1H3,(H,22,26)(H,23,24). The first-order valence-electron chi connectivity index (χ1n) is 9.39. The minimum Gasteiger partial charge on any atom is -0.495 e. The Morgan fingerprint density at radius 2 is 1.97 bits per heavy atom. The highest BCUT2D eigenvalue weighted by Crippen LogP contribution is 2.32. The monoisotopic (exact) mass is 427 g/mol. The van der Waals surface area contributed by atoms with Crippen LogP contribution in [0.2, 0.25) is 0 Å². The van der Waals surface area contributed by atoms with Gasteiger partial charge in [0.1, 0.15) is 10.6 Å². The number of methoxy groups -OCH3 is 1. The molecule has 0 saturated heterocycles. The topological polar surface area (TPSA) is 115 Å². The maximum absolute atomic E-state index is 12.9. The number of carbonyl (C=O) groups excluding carboxylic acids is 1. The Balaban J connectivity index is 1.49. The van der Waals surface area contributed by atoms with Crippen LogP contribution in [0, 0.1) is 5.92 Å². The number of pyridine rings is 1. The third-order valence-electron chi connectivity index (χ3n) is 4.64. The van der Waals surface area contributed by atoms with Gasteiger partial charge in [-0.05, 0) is 42.7 Å². The van der Waals surface area contributed by atoms with Crippen LogP contribution in [0.15, 0.2) is 59.9 Å². The van der Waals surface area contributed by atoms with Gasteiger partial charge in [0.25, 0.3) is 10.0 Å². The average molecular weight is 427 g/mol. The van der Waals surface area contributed by atoms with Crippen molar-refractivity contribution in [2.45, 2.75) is 24.3 Å². The van der Waals surface area contributed by atoms with Gasteiger partial charge in [-0.2, -0.15) is 5.10 Å². The van der Waals surface area contributed by atoms with Gasteiger partial charge in [0.05, 0.1) is 13.7 Å². The van der Waals surface area contributed by atoms with E-state index in [9.17, 15) is 13.2 Å². The van der Waals surface area contributed by atoms with Crippen LogP contribution in [-0.4, -0.2) is 36.2 Å². The summed E-state index contributed by atoms with van der Waals surface area (Å²) in [5.41, 5.74) is 1.48. The highest BCUT2D eigenvalue weighted by molar-refractivity contribution is 7.92. The minimum absolute atomic E-state index is 0.0434. The summed E-state index contributed by atoms with van der Waals surface area (Å²) in [7, 11) is -2.56. The Labute approximate surface area is 174 Å². The van der Waals surface area contributed by atoms with Crippen molar-refractivity contribution in [2.75, 3.05) is 17.1 Å². The first kappa shape index (κ1) is 19.9. The lowest BCUT2D eigenvalue weighted by molar-refractivity contribution is -0.117. The number of anilines is 2. The molecular weight excluding hydrogens is 406 g/mol. The lowest BCUT2D eigenvalue weighted by Gasteiger charge is -2.12. The smallest absolute Gasteiger partial charge is 0.266 e. The fraction of sp³-hybridized carbons (Fsp3) is 0.250. The largest absolute Gasteiger partial charge is 0.495 e. The minimum atomic E-state index is -3.94. The van der Waals surface area contributed by atoms with Gasteiger partial charge in [-0.3, -0.25) is 19.2 Å². The van der Waals surface area contributed by atoms with Gasteiger partial charge in [-0.1, -0.05) is 0 Å². The normalized spacial score (nSPS) is 13.6. The van der Waals surface area contributed by atoms with Gasteiger partial charge in [0, 0.05) is 42.3 Å². The van der Waals surface area contributed by atoms with E-state index in [0.717, 1.165) is 18.4 Å². The molecule has 2 N–H and O–H groups in total. The Morgan fingerprint density at radius 3 is 2.67 bits per heavy atom. The molecule has 1 aromatic carbocycles. The quantitative estimate of drug-likeness (QED) is 0.571. The van der Waals surface area contributed by atoms with E-state index in [1.807, 2.05) is 12.1 Å². The van der Waals surface area contributed by atoms with Crippen molar-refractivity contribution < 1.29 is 17.9 Å². The lowest BCUT2D eigenvalue weighted by Crippen LogP contribution is -2.16. The van der Waals surface area contributed by atoms with Crippen LogP contribution in [0.3, 0.4) is 0 Å². The molecule has 1 aliphatic carbocycles. The lowest BCUT2D eigenvalue weighted by atomic mass is 10.3. The van der Waals surface area contributed by atoms with E-state index in [-0.39, 0.29) is 28.3 Å². The zero-order chi connectivity index (χ0) is 21.1. The number of sulfonamides is 1. The van der Waals surface area contributed by atoms with E-state index in [2.05, 4.69) is 20.1 Å². The molecule has 30 heavy (non-hydrogen) atoms. The zero-order valence-corrected chi connectivity index (χ0v) is 17.1. The summed E-state index contributed by atoms with van der Waals surface area (Å²) in [6.45, 7) is 0.489. The van der Waals surface area contributed by atoms with Gasteiger partial charge in [-0.15, -0.1) is 0 Å². The average Bonchev–Trinajstić information content (AvgIpc) is 3.50. The highest BCUT2D eigenvalue weighted by atomic mass is 32.2. The van der Waals surface area contributed by atoms with Crippen molar-refractivity contribution in [1.29, 1.82) is 0 Å². The molecular formula is C20H21N5O4S. The van der Waals surface area contributed by atoms with E-state index in [0.29, 0.717) is 12.2 Å². The van der Waals surface area contributed by atoms with E-state index in [1.54, 1.807) is 35.4 Å². The second kappa shape index (κ2) is 8.15. The van der Waals surface area contributed by atoms with Crippen molar-refractivity contribution in [1.82, 2.24) is 14.8 Å². The summed E-state index contributed by atoms with van der Waals surface area (Å²) in [6, 6.07) is 9.74. The fourth-order valence-electron chi connectivity index (χ4n) is 2.93. The summed E-state index contributed by atoms with van der Waals surface area (Å²) in [6.07, 6.45) is 6.82. The molecule has 0 unspecified atom stereocenters. The molecule has 2 aromatic heterocycles. The molecule has 9 nitrogen and oxygen atoms in total. The van der Waals surface area contributed by atoms with Crippen molar-refractivity contribution in [2.24, 2.45) is 5.92 Å². The van der Waals surface area contributed by atoms with Crippen LogP contribution in [0.4, 0.5) is 11.5 Å². The molecule has 3 aromatic rings. The molecule has 0 aliphatic heterocycles. The molecule has 2 heterocycles. The molecule has 156 valence electrons. The van der Waals surface area contributed by atoms with Crippen molar-refractivity contribution in [3.8, 4) is 5.75 Å². The number of ether oxygens (including phenoxy) is 1. The number of rotatable bonds is 8. The van der Waals surface area contributed by atoms with E-state index in [4.69, 9.17) is 4.74 Å². The molecule has 0 bridgehead atoms. The molecule has 0 atom stereocenters. The number of hydrogen-bond acceptors (Lipinski definition) is 6. The number of amides is 1. The van der Waals surface area contributed by atoms with Gasteiger partial charge in [-0.25, -0.2) is 8.42 Å². The fourth-order valence-corrected chi connectivity index (χ4v) is 4.08. The number of nitrogens with one attached hydrogen (secondary N) is 2. The zero-order valence-electron chi connectivity index (χ0n) is 16.3. The van der Waals surface area contributed by atoms with E-state index in [1.165, 1.54) is 19.2 Å². The summed E-state index contributed by atoms with van der Waals surface area (Å²) >= 11 is 0. The van der Waals surface area contributed by atoms with Crippen molar-refractivity contribution >= 4 is 27.4 Å². The second-order valence-electron chi connectivity index (χ2n) is 6.99. The maximum Gasteiger partial charge on any atom is 0.266 e. The van der Waals surface area contributed by atoms with Crippen LogP contribution in [0.25, 0.3) is 0 Å². The highest BCUT2D eigenvalue weighted by Gasteiger charge is 2.30. The third kappa shape index (κ3) is 4.60. The SMILES string of the molecule is COc1cc(NC(=O)C2CC2)ccc1S(=O)(=O)Nc1ccn(Cc2ccncc2)n1. The van der Waals surface area contributed by atoms with Crippen LogP contribution in [0.5, 0.6) is 5.75 Å². The van der Waals surface area contributed by atoms with E-state index >= 15 is 0 Å². The molecule has 0 spiro atoms. The number of aromatic nitrogens is 3. The predicted octanol–water partition coefficient (Wildman–Crippen LogP) is 2.48. The van der Waals surface area contributed by atoms with Crippen molar-refractivity contribution in [3.63, 3.8) is 0 Å². The maximum atomic E-state index is 12.9. The Hall–Kier alpha value is -3.40. The molecule has 1 amide bonds. The molecule has 10 heteroatoms. The number of benzene rings is 1. The Bertz CT molecular complexity index is 1160. The first-order valence-corrected chi connectivity index (χ1v) is 10.9. The summed E-state index contributed by atoms with van der Waals surface area (Å²) in [5, 5.41) is 7.04. The molecule has 4 rings (SSSR count). The van der Waals surface area contributed by atoms with Gasteiger partial charge < -0.3 is 10.1 Å². The van der Waals surface area contributed by atoms with E-state index < -0.39 is 10.0 Å². The van der Waals surface area contributed by atoms with Gasteiger partial charge in [0.2, 0.25) is 5.91 Å². The van der Waals surface area contributed by atoms with Crippen LogP contribution in [-0.2, 0) is 21.4 Å². The molecule has 1 aliphatic rings. The Morgan fingerprint density at radius 1 is 1.20 bits per heavy atom. The first-order chi connectivity index (χ1) is 14.4. The molecule has 1 saturated carbocycles. The second-order valence-corrected chi connectivity index (χ2v) is 8.64. The Kier molecular flexibility index (Phi) is 5.40. The van der Waals surface area contributed by atoms with Crippen LogP contribution >= 0.6 is 0 Å². The summed E-state index contributed by atoms with van der Waals surface area (Å²) in [4.78, 5) is 15.9. The van der Waals surface area contributed by atoms with Crippen LogP contribution < -0.4 is 14.8 Å². The van der Waals surface area contributed by atoms with Crippen LogP contribution in [0.1, 0.15) is 18.4 Å². The number of nitrogens with zero attached hydrogens (tertiary/aromatic N) is 3. The summed E-state index contributed by atoms with van der Waals surface area (Å²) < 4.78 is 35.1.